The largest absolute Gasteiger partial charge is 0.462 e. The molecule has 3 unspecified atom stereocenters. The maximum absolute atomic E-state index is 13.2. The van der Waals surface area contributed by atoms with Gasteiger partial charge in [-0.3, -0.25) is 9.59 Å². The highest BCUT2D eigenvalue weighted by Gasteiger charge is 2.24. The van der Waals surface area contributed by atoms with Gasteiger partial charge >= 0.3 is 5.97 Å². The van der Waals surface area contributed by atoms with Gasteiger partial charge in [-0.05, 0) is 77.0 Å². The van der Waals surface area contributed by atoms with Gasteiger partial charge in [0.05, 0.1) is 25.2 Å². The van der Waals surface area contributed by atoms with Crippen molar-refractivity contribution in [1.29, 1.82) is 0 Å². The van der Waals surface area contributed by atoms with Crippen LogP contribution in [0.4, 0.5) is 0 Å². The fourth-order valence-electron chi connectivity index (χ4n) is 8.36. The molecule has 0 rings (SSSR count). The Morgan fingerprint density at radius 1 is 0.459 bits per heavy atom. The molecule has 0 bridgehead atoms. The summed E-state index contributed by atoms with van der Waals surface area (Å²) in [5, 5.41) is 23.8. The lowest BCUT2D eigenvalue weighted by Crippen LogP contribution is -2.46. The molecule has 6 nitrogen and oxygen atoms in total. The van der Waals surface area contributed by atoms with Crippen LogP contribution in [0.5, 0.6) is 0 Å². The van der Waals surface area contributed by atoms with Crippen molar-refractivity contribution in [1.82, 2.24) is 5.32 Å². The summed E-state index contributed by atoms with van der Waals surface area (Å²) >= 11 is 0. The van der Waals surface area contributed by atoms with Crippen LogP contribution in [0.15, 0.2) is 24.3 Å². The van der Waals surface area contributed by atoms with Crippen molar-refractivity contribution in [2.45, 2.75) is 309 Å². The first-order chi connectivity index (χ1) is 30.0. The minimum atomic E-state index is -0.788. The third kappa shape index (κ3) is 44.7. The van der Waals surface area contributed by atoms with Gasteiger partial charge in [0, 0.05) is 6.42 Å². The van der Waals surface area contributed by atoms with E-state index >= 15 is 0 Å². The van der Waals surface area contributed by atoms with Crippen molar-refractivity contribution in [3.8, 4) is 0 Å². The average molecular weight is 860 g/mol. The third-order valence-corrected chi connectivity index (χ3v) is 12.5. The van der Waals surface area contributed by atoms with Gasteiger partial charge in [0.25, 0.3) is 0 Å². The van der Waals surface area contributed by atoms with E-state index < -0.39 is 18.2 Å². The molecule has 3 N–H and O–H groups in total. The number of aliphatic hydroxyl groups is 2. The Balaban J connectivity index is 4.54. The Labute approximate surface area is 380 Å². The summed E-state index contributed by atoms with van der Waals surface area (Å²) in [6.45, 7) is 6.48. The highest BCUT2D eigenvalue weighted by atomic mass is 16.5. The first kappa shape index (κ1) is 59.3. The van der Waals surface area contributed by atoms with Crippen LogP contribution in [0, 0.1) is 0 Å². The van der Waals surface area contributed by atoms with Crippen LogP contribution < -0.4 is 5.32 Å². The van der Waals surface area contributed by atoms with E-state index in [9.17, 15) is 19.8 Å². The standard InChI is InChI=1S/C55H105NO5/c1-4-7-10-13-16-19-22-25-27-29-31-34-37-40-43-46-51(61-55(60)48-45-42-39-36-33-24-21-18-15-12-9-6-3)49-54(59)56-52(50-57)53(58)47-44-41-38-35-32-30-28-26-23-20-17-14-11-8-5-2/h18,21,25,27,51-53,57-58H,4-17,19-20,22-24,26,28-50H2,1-3H3,(H,56,59)/b21-18-,27-25+. The lowest BCUT2D eigenvalue weighted by molar-refractivity contribution is -0.151. The summed E-state index contributed by atoms with van der Waals surface area (Å²) in [5.41, 5.74) is 0. The summed E-state index contributed by atoms with van der Waals surface area (Å²) in [5.74, 6) is -0.480. The molecule has 0 aliphatic heterocycles. The van der Waals surface area contributed by atoms with Gasteiger partial charge in [0.2, 0.25) is 5.91 Å². The second-order valence-electron chi connectivity index (χ2n) is 18.6. The zero-order valence-corrected chi connectivity index (χ0v) is 41.1. The van der Waals surface area contributed by atoms with E-state index in [-0.39, 0.29) is 24.9 Å². The Kier molecular flexibility index (Phi) is 48.0. The fourth-order valence-corrected chi connectivity index (χ4v) is 8.36. The number of carbonyl (C=O) groups excluding carboxylic acids is 2. The van der Waals surface area contributed by atoms with Gasteiger partial charge < -0.3 is 20.3 Å². The number of carbonyl (C=O) groups is 2. The topological polar surface area (TPSA) is 95.9 Å². The number of amides is 1. The molecule has 360 valence electrons. The summed E-state index contributed by atoms with van der Waals surface area (Å²) in [6.07, 6.45) is 56.6. The number of allylic oxidation sites excluding steroid dienone is 4. The van der Waals surface area contributed by atoms with Gasteiger partial charge in [0.15, 0.2) is 0 Å². The monoisotopic (exact) mass is 860 g/mol. The third-order valence-electron chi connectivity index (χ3n) is 12.5. The van der Waals surface area contributed by atoms with E-state index in [0.29, 0.717) is 19.3 Å². The van der Waals surface area contributed by atoms with Crippen LogP contribution >= 0.6 is 0 Å². The normalized spacial score (nSPS) is 13.3. The highest BCUT2D eigenvalue weighted by molar-refractivity contribution is 5.77. The van der Waals surface area contributed by atoms with Crippen LogP contribution in [0.3, 0.4) is 0 Å². The van der Waals surface area contributed by atoms with E-state index in [4.69, 9.17) is 4.74 Å². The van der Waals surface area contributed by atoms with Crippen LogP contribution in [0.2, 0.25) is 0 Å². The van der Waals surface area contributed by atoms with Gasteiger partial charge in [-0.25, -0.2) is 0 Å². The second kappa shape index (κ2) is 49.4. The van der Waals surface area contributed by atoms with Crippen molar-refractivity contribution >= 4 is 11.9 Å². The number of esters is 1. The van der Waals surface area contributed by atoms with Crippen LogP contribution in [0.1, 0.15) is 290 Å². The number of hydrogen-bond donors (Lipinski definition) is 3. The molecule has 3 atom stereocenters. The number of nitrogens with one attached hydrogen (secondary N) is 1. The number of aliphatic hydroxyl groups excluding tert-OH is 2. The van der Waals surface area contributed by atoms with Crippen molar-refractivity contribution < 1.29 is 24.5 Å². The molecular weight excluding hydrogens is 755 g/mol. The maximum Gasteiger partial charge on any atom is 0.306 e. The smallest absolute Gasteiger partial charge is 0.306 e. The Morgan fingerprint density at radius 2 is 0.787 bits per heavy atom. The average Bonchev–Trinajstić information content (AvgIpc) is 3.25. The molecule has 0 spiro atoms. The van der Waals surface area contributed by atoms with E-state index in [2.05, 4.69) is 50.4 Å². The van der Waals surface area contributed by atoms with Crippen LogP contribution in [-0.4, -0.2) is 46.9 Å². The van der Waals surface area contributed by atoms with E-state index in [1.54, 1.807) is 0 Å². The highest BCUT2D eigenvalue weighted by Crippen LogP contribution is 2.18. The van der Waals surface area contributed by atoms with Crippen LogP contribution in [-0.2, 0) is 14.3 Å². The van der Waals surface area contributed by atoms with Gasteiger partial charge in [-0.1, -0.05) is 225 Å². The minimum Gasteiger partial charge on any atom is -0.462 e. The maximum atomic E-state index is 13.2. The molecule has 61 heavy (non-hydrogen) atoms. The minimum absolute atomic E-state index is 0.0727. The first-order valence-electron chi connectivity index (χ1n) is 27.1. The van der Waals surface area contributed by atoms with Crippen LogP contribution in [0.25, 0.3) is 0 Å². The molecule has 1 amide bonds. The van der Waals surface area contributed by atoms with Crippen molar-refractivity contribution in [3.05, 3.63) is 24.3 Å². The summed E-state index contributed by atoms with van der Waals surface area (Å²) in [6, 6.07) is -0.702. The second-order valence-corrected chi connectivity index (χ2v) is 18.6. The fraction of sp³-hybridized carbons (Fsp3) is 0.891. The van der Waals surface area contributed by atoms with Gasteiger partial charge in [0.1, 0.15) is 6.10 Å². The predicted molar refractivity (Wildman–Crippen MR) is 264 cm³/mol. The summed E-state index contributed by atoms with van der Waals surface area (Å²) in [7, 11) is 0. The zero-order chi connectivity index (χ0) is 44.5. The molecule has 0 aliphatic rings. The quantitative estimate of drug-likeness (QED) is 0.0322. The van der Waals surface area contributed by atoms with Gasteiger partial charge in [-0.2, -0.15) is 0 Å². The lowest BCUT2D eigenvalue weighted by atomic mass is 10.0. The zero-order valence-electron chi connectivity index (χ0n) is 41.1. The number of unbranched alkanes of at least 4 members (excludes halogenated alkanes) is 33. The first-order valence-corrected chi connectivity index (χ1v) is 27.1. The molecule has 6 heteroatoms. The van der Waals surface area contributed by atoms with Crippen molar-refractivity contribution in [2.24, 2.45) is 0 Å². The van der Waals surface area contributed by atoms with E-state index in [0.717, 1.165) is 64.2 Å². The molecular formula is C55H105NO5. The Morgan fingerprint density at radius 3 is 1.20 bits per heavy atom. The predicted octanol–water partition coefficient (Wildman–Crippen LogP) is 16.3. The van der Waals surface area contributed by atoms with Crippen molar-refractivity contribution in [3.63, 3.8) is 0 Å². The Bertz CT molecular complexity index is 966. The molecule has 0 radical (unpaired) electrons. The molecule has 0 saturated heterocycles. The molecule has 0 aliphatic carbocycles. The molecule has 0 aromatic heterocycles. The molecule has 0 fully saturated rings. The summed E-state index contributed by atoms with van der Waals surface area (Å²) < 4.78 is 5.93. The van der Waals surface area contributed by atoms with E-state index in [1.165, 1.54) is 180 Å². The molecule has 0 saturated carbocycles. The SMILES string of the molecule is CCCCC/C=C\CCCCCCCC(=O)OC(CCCCCCC/C=C/CCCCCCCC)CC(=O)NC(CO)C(O)CCCCCCCCCCCCCCCCC. The molecule has 0 aromatic carbocycles. The summed E-state index contributed by atoms with van der Waals surface area (Å²) in [4.78, 5) is 26.2. The van der Waals surface area contributed by atoms with Gasteiger partial charge in [-0.15, -0.1) is 0 Å². The lowest BCUT2D eigenvalue weighted by Gasteiger charge is -2.24. The van der Waals surface area contributed by atoms with E-state index in [1.807, 2.05) is 0 Å². The number of hydrogen-bond acceptors (Lipinski definition) is 5. The van der Waals surface area contributed by atoms with Crippen molar-refractivity contribution in [2.75, 3.05) is 6.61 Å². The number of ether oxygens (including phenoxy) is 1. The Hall–Kier alpha value is -1.66. The molecule has 0 aromatic rings. The molecule has 0 heterocycles. The number of rotatable bonds is 49.